The molecule has 162 valence electrons. The van der Waals surface area contributed by atoms with Crippen LogP contribution >= 0.6 is 0 Å². The molecule has 1 fully saturated rings. The smallest absolute Gasteiger partial charge is 0.331 e. The molecule has 2 N–H and O–H groups in total. The van der Waals surface area contributed by atoms with E-state index in [1.165, 1.54) is 42.9 Å². The molecule has 0 unspecified atom stereocenters. The van der Waals surface area contributed by atoms with E-state index in [1.807, 2.05) is 6.08 Å². The Morgan fingerprint density at radius 3 is 2.66 bits per heavy atom. The molecule has 2 aliphatic rings. The molecule has 0 bridgehead atoms. The van der Waals surface area contributed by atoms with Crippen LogP contribution in [-0.2, 0) is 9.53 Å². The maximum Gasteiger partial charge on any atom is 0.331 e. The molecule has 0 aromatic heterocycles. The highest BCUT2D eigenvalue weighted by atomic mass is 16.5. The van der Waals surface area contributed by atoms with E-state index in [0.717, 1.165) is 30.8 Å². The van der Waals surface area contributed by atoms with Gasteiger partial charge in [0.25, 0.3) is 0 Å². The van der Waals surface area contributed by atoms with Gasteiger partial charge in [0, 0.05) is 18.1 Å². The molecular formula is C25H38O4. The van der Waals surface area contributed by atoms with Gasteiger partial charge in [-0.05, 0) is 69.3 Å². The molecule has 0 aromatic carbocycles. The zero-order chi connectivity index (χ0) is 21.4. The van der Waals surface area contributed by atoms with Crippen molar-refractivity contribution < 1.29 is 19.7 Å². The van der Waals surface area contributed by atoms with Gasteiger partial charge in [0.2, 0.25) is 0 Å². The van der Waals surface area contributed by atoms with Crippen molar-refractivity contribution in [2.24, 2.45) is 11.3 Å². The highest BCUT2D eigenvalue weighted by Crippen LogP contribution is 2.51. The SMILES string of the molecule is C=C(C)[C@]1(CC/C(C)=C/CC/C(=C\C[C@H]2OC(=O)C=C2CO)CO)CCC[C@@H]1C. The minimum absolute atomic E-state index is 0.00200. The Kier molecular flexibility index (Phi) is 8.91. The molecule has 3 atom stereocenters. The molecule has 1 aliphatic heterocycles. The quantitative estimate of drug-likeness (QED) is 0.376. The Labute approximate surface area is 176 Å². The van der Waals surface area contributed by atoms with E-state index >= 15 is 0 Å². The van der Waals surface area contributed by atoms with Crippen LogP contribution in [0.15, 0.2) is 47.1 Å². The highest BCUT2D eigenvalue weighted by Gasteiger charge is 2.40. The molecule has 0 radical (unpaired) electrons. The summed E-state index contributed by atoms with van der Waals surface area (Å²) in [5, 5.41) is 18.9. The number of carbonyl (C=O) groups is 1. The summed E-state index contributed by atoms with van der Waals surface area (Å²) >= 11 is 0. The van der Waals surface area contributed by atoms with E-state index in [9.17, 15) is 15.0 Å². The van der Waals surface area contributed by atoms with Gasteiger partial charge in [0.1, 0.15) is 6.10 Å². The fraction of sp³-hybridized carbons (Fsp3) is 0.640. The molecule has 4 heteroatoms. The average molecular weight is 403 g/mol. The number of ether oxygens (including phenoxy) is 1. The lowest BCUT2D eigenvalue weighted by Gasteiger charge is -2.35. The van der Waals surface area contributed by atoms with Crippen LogP contribution in [0.3, 0.4) is 0 Å². The van der Waals surface area contributed by atoms with Gasteiger partial charge in [-0.2, -0.15) is 0 Å². The van der Waals surface area contributed by atoms with E-state index in [1.54, 1.807) is 0 Å². The van der Waals surface area contributed by atoms with E-state index in [0.29, 0.717) is 17.4 Å². The molecule has 2 rings (SSSR count). The van der Waals surface area contributed by atoms with Gasteiger partial charge in [0.15, 0.2) is 0 Å². The minimum Gasteiger partial charge on any atom is -0.454 e. The van der Waals surface area contributed by atoms with E-state index < -0.39 is 12.1 Å². The van der Waals surface area contributed by atoms with Crippen LogP contribution in [-0.4, -0.2) is 35.5 Å². The van der Waals surface area contributed by atoms with Crippen molar-refractivity contribution in [3.05, 3.63) is 47.1 Å². The Morgan fingerprint density at radius 1 is 1.31 bits per heavy atom. The lowest BCUT2D eigenvalue weighted by molar-refractivity contribution is -0.138. The third kappa shape index (κ3) is 6.16. The molecule has 29 heavy (non-hydrogen) atoms. The Bertz CT molecular complexity index is 685. The number of hydrogen-bond acceptors (Lipinski definition) is 4. The fourth-order valence-corrected chi connectivity index (χ4v) is 4.85. The lowest BCUT2D eigenvalue weighted by atomic mass is 9.70. The fourth-order valence-electron chi connectivity index (χ4n) is 4.85. The van der Waals surface area contributed by atoms with Crippen molar-refractivity contribution in [3.8, 4) is 0 Å². The molecule has 0 aromatic rings. The van der Waals surface area contributed by atoms with Crippen LogP contribution in [0, 0.1) is 11.3 Å². The molecular weight excluding hydrogens is 364 g/mol. The van der Waals surface area contributed by atoms with Crippen molar-refractivity contribution in [1.29, 1.82) is 0 Å². The van der Waals surface area contributed by atoms with Crippen LogP contribution in [0.2, 0.25) is 0 Å². The van der Waals surface area contributed by atoms with Gasteiger partial charge < -0.3 is 14.9 Å². The zero-order valence-electron chi connectivity index (χ0n) is 18.4. The minimum atomic E-state index is -0.405. The van der Waals surface area contributed by atoms with Crippen molar-refractivity contribution >= 4 is 5.97 Å². The number of cyclic esters (lactones) is 1. The summed E-state index contributed by atoms with van der Waals surface area (Å²) in [7, 11) is 0. The summed E-state index contributed by atoms with van der Waals surface area (Å²) in [6.45, 7) is 10.9. The molecule has 1 aliphatic carbocycles. The van der Waals surface area contributed by atoms with E-state index in [-0.39, 0.29) is 13.2 Å². The summed E-state index contributed by atoms with van der Waals surface area (Å²) in [5.41, 5.74) is 4.59. The second kappa shape index (κ2) is 10.9. The first-order valence-electron chi connectivity index (χ1n) is 10.9. The van der Waals surface area contributed by atoms with Gasteiger partial charge in [-0.1, -0.05) is 43.2 Å². The lowest BCUT2D eigenvalue weighted by Crippen LogP contribution is -2.24. The van der Waals surface area contributed by atoms with Crippen molar-refractivity contribution in [2.75, 3.05) is 13.2 Å². The Hall–Kier alpha value is -1.65. The predicted octanol–water partition coefficient (Wildman–Crippen LogP) is 5.03. The van der Waals surface area contributed by atoms with Crippen LogP contribution in [0.1, 0.15) is 72.1 Å². The summed E-state index contributed by atoms with van der Waals surface area (Å²) in [4.78, 5) is 11.3. The van der Waals surface area contributed by atoms with E-state index in [2.05, 4.69) is 33.4 Å². The number of rotatable bonds is 11. The summed E-state index contributed by atoms with van der Waals surface area (Å²) in [6.07, 6.45) is 13.5. The number of allylic oxidation sites excluding steroid dienone is 3. The van der Waals surface area contributed by atoms with Crippen LogP contribution in [0.5, 0.6) is 0 Å². The van der Waals surface area contributed by atoms with Crippen molar-refractivity contribution in [1.82, 2.24) is 0 Å². The van der Waals surface area contributed by atoms with Gasteiger partial charge in [0.05, 0.1) is 13.2 Å². The standard InChI is InChI=1S/C25H38O4/c1-18(2)25(13-6-8-20(25)4)14-12-19(3)7-5-9-21(16-26)10-11-23-22(17-27)15-24(28)29-23/h7,10,15,20,23,26-27H,1,5-6,8-9,11-14,16-17H2,2-4H3/b19-7+,21-10+/t20-,23+,25+/m0/s1. The number of carbonyl (C=O) groups excluding carboxylic acids is 1. The largest absolute Gasteiger partial charge is 0.454 e. The number of aliphatic hydroxyl groups excluding tert-OH is 2. The Morgan fingerprint density at radius 2 is 2.07 bits per heavy atom. The van der Waals surface area contributed by atoms with Crippen LogP contribution in [0.4, 0.5) is 0 Å². The first kappa shape index (κ1) is 23.6. The summed E-state index contributed by atoms with van der Waals surface area (Å²) in [6, 6.07) is 0. The molecule has 4 nitrogen and oxygen atoms in total. The second-order valence-electron chi connectivity index (χ2n) is 8.88. The monoisotopic (exact) mass is 402 g/mol. The topological polar surface area (TPSA) is 66.8 Å². The molecule has 0 spiro atoms. The number of hydrogen-bond donors (Lipinski definition) is 2. The third-order valence-corrected chi connectivity index (χ3v) is 6.96. The first-order valence-corrected chi connectivity index (χ1v) is 10.9. The second-order valence-corrected chi connectivity index (χ2v) is 8.88. The van der Waals surface area contributed by atoms with Gasteiger partial charge in [-0.25, -0.2) is 4.79 Å². The van der Waals surface area contributed by atoms with Crippen LogP contribution in [0.25, 0.3) is 0 Å². The molecule has 0 amide bonds. The summed E-state index contributed by atoms with van der Waals surface area (Å²) in [5.74, 6) is 0.319. The first-order chi connectivity index (χ1) is 13.8. The van der Waals surface area contributed by atoms with Crippen molar-refractivity contribution in [3.63, 3.8) is 0 Å². The van der Waals surface area contributed by atoms with Gasteiger partial charge >= 0.3 is 5.97 Å². The molecule has 1 heterocycles. The number of esters is 1. The number of aliphatic hydroxyl groups is 2. The van der Waals surface area contributed by atoms with Gasteiger partial charge in [-0.15, -0.1) is 0 Å². The predicted molar refractivity (Wildman–Crippen MR) is 117 cm³/mol. The zero-order valence-corrected chi connectivity index (χ0v) is 18.4. The molecule has 1 saturated carbocycles. The highest BCUT2D eigenvalue weighted by molar-refractivity contribution is 5.85. The normalized spacial score (nSPS) is 27.9. The van der Waals surface area contributed by atoms with E-state index in [4.69, 9.17) is 4.74 Å². The average Bonchev–Trinajstić information content (AvgIpc) is 3.25. The maximum atomic E-state index is 11.3. The maximum absolute atomic E-state index is 11.3. The van der Waals surface area contributed by atoms with Crippen molar-refractivity contribution in [2.45, 2.75) is 78.2 Å². The third-order valence-electron chi connectivity index (χ3n) is 6.96. The Balaban J connectivity index is 1.83. The van der Waals surface area contributed by atoms with Crippen LogP contribution < -0.4 is 0 Å². The van der Waals surface area contributed by atoms with Gasteiger partial charge in [-0.3, -0.25) is 0 Å². The molecule has 0 saturated heterocycles. The summed E-state index contributed by atoms with van der Waals surface area (Å²) < 4.78 is 5.18.